The number of nitrogens with one attached hydrogen (secondary N) is 1. The lowest BCUT2D eigenvalue weighted by Gasteiger charge is -2.07. The lowest BCUT2D eigenvalue weighted by molar-refractivity contribution is -0.384. The minimum Gasteiger partial charge on any atom is -0.258 e. The summed E-state index contributed by atoms with van der Waals surface area (Å²) in [6.07, 6.45) is 0. The van der Waals surface area contributed by atoms with Gasteiger partial charge in [0.25, 0.3) is 5.69 Å². The second-order valence-electron chi connectivity index (χ2n) is 4.99. The van der Waals surface area contributed by atoms with Gasteiger partial charge in [0.1, 0.15) is 0 Å². The van der Waals surface area contributed by atoms with Crippen molar-refractivity contribution in [2.45, 2.75) is 19.2 Å². The molecule has 0 aliphatic carbocycles. The van der Waals surface area contributed by atoms with E-state index in [0.29, 0.717) is 5.56 Å². The summed E-state index contributed by atoms with van der Waals surface area (Å²) in [7, 11) is -3.56. The topological polar surface area (TPSA) is 89.3 Å². The third kappa shape index (κ3) is 4.64. The zero-order valence-electron chi connectivity index (χ0n) is 12.0. The van der Waals surface area contributed by atoms with Crippen molar-refractivity contribution >= 4 is 15.7 Å². The van der Waals surface area contributed by atoms with Crippen LogP contribution in [0.1, 0.15) is 16.7 Å². The van der Waals surface area contributed by atoms with Gasteiger partial charge in [0.05, 0.1) is 10.7 Å². The summed E-state index contributed by atoms with van der Waals surface area (Å²) in [6.45, 7) is 2.15. The summed E-state index contributed by atoms with van der Waals surface area (Å²) in [6, 6.07) is 13.1. The molecule has 0 heterocycles. The summed E-state index contributed by atoms with van der Waals surface area (Å²) in [4.78, 5) is 10.2. The van der Waals surface area contributed by atoms with Gasteiger partial charge in [-0.15, -0.1) is 0 Å². The Kier molecular flexibility index (Phi) is 4.89. The monoisotopic (exact) mass is 320 g/mol. The van der Waals surface area contributed by atoms with Gasteiger partial charge in [0.2, 0.25) is 10.0 Å². The smallest absolute Gasteiger partial charge is 0.258 e. The van der Waals surface area contributed by atoms with E-state index in [1.165, 1.54) is 18.2 Å². The van der Waals surface area contributed by atoms with E-state index in [1.807, 2.05) is 31.2 Å². The molecule has 6 nitrogen and oxygen atoms in total. The Bertz CT molecular complexity index is 770. The molecular formula is C15H16N2O4S. The summed E-state index contributed by atoms with van der Waals surface area (Å²) in [5.41, 5.74) is 2.22. The van der Waals surface area contributed by atoms with Crippen LogP contribution in [0.25, 0.3) is 0 Å². The third-order valence-corrected chi connectivity index (χ3v) is 4.39. The first-order valence-electron chi connectivity index (χ1n) is 6.62. The Balaban J connectivity index is 2.03. The number of benzene rings is 2. The molecule has 7 heteroatoms. The van der Waals surface area contributed by atoms with E-state index in [9.17, 15) is 18.5 Å². The van der Waals surface area contributed by atoms with Crippen LogP contribution in [0.2, 0.25) is 0 Å². The average molecular weight is 320 g/mol. The Morgan fingerprint density at radius 2 is 1.77 bits per heavy atom. The quantitative estimate of drug-likeness (QED) is 0.654. The summed E-state index contributed by atoms with van der Waals surface area (Å²) in [5.74, 6) is -0.291. The van der Waals surface area contributed by atoms with E-state index in [0.717, 1.165) is 11.1 Å². The molecule has 0 aliphatic heterocycles. The van der Waals surface area contributed by atoms with Gasteiger partial charge in [-0.2, -0.15) is 0 Å². The van der Waals surface area contributed by atoms with Crippen LogP contribution >= 0.6 is 0 Å². The van der Waals surface area contributed by atoms with Crippen LogP contribution in [0, 0.1) is 17.0 Å². The highest BCUT2D eigenvalue weighted by Gasteiger charge is 2.14. The first-order chi connectivity index (χ1) is 10.4. The van der Waals surface area contributed by atoms with Gasteiger partial charge in [0, 0.05) is 18.7 Å². The van der Waals surface area contributed by atoms with Gasteiger partial charge in [-0.1, -0.05) is 42.0 Å². The first-order valence-corrected chi connectivity index (χ1v) is 8.27. The van der Waals surface area contributed by atoms with Crippen molar-refractivity contribution in [3.8, 4) is 0 Å². The van der Waals surface area contributed by atoms with Crippen LogP contribution in [0.15, 0.2) is 48.5 Å². The Morgan fingerprint density at radius 1 is 1.09 bits per heavy atom. The van der Waals surface area contributed by atoms with Crippen LogP contribution < -0.4 is 4.72 Å². The van der Waals surface area contributed by atoms with E-state index in [2.05, 4.69) is 4.72 Å². The summed E-state index contributed by atoms with van der Waals surface area (Å²) < 4.78 is 26.6. The zero-order chi connectivity index (χ0) is 16.2. The molecule has 0 aliphatic rings. The minimum atomic E-state index is -3.56. The van der Waals surface area contributed by atoms with Crippen LogP contribution in [0.4, 0.5) is 5.69 Å². The number of sulfonamides is 1. The molecule has 1 N–H and O–H groups in total. The third-order valence-electron chi connectivity index (χ3n) is 3.09. The first kappa shape index (κ1) is 16.1. The summed E-state index contributed by atoms with van der Waals surface area (Å²) >= 11 is 0. The second-order valence-corrected chi connectivity index (χ2v) is 6.80. The van der Waals surface area contributed by atoms with Crippen molar-refractivity contribution < 1.29 is 13.3 Å². The average Bonchev–Trinajstić information content (AvgIpc) is 2.46. The maximum Gasteiger partial charge on any atom is 0.269 e. The number of rotatable bonds is 6. The van der Waals surface area contributed by atoms with Crippen LogP contribution in [0.3, 0.4) is 0 Å². The number of hydrogen-bond acceptors (Lipinski definition) is 4. The molecule has 0 saturated heterocycles. The van der Waals surface area contributed by atoms with Crippen molar-refractivity contribution in [3.63, 3.8) is 0 Å². The standard InChI is InChI=1S/C15H16N2O4S/c1-12-5-7-13(8-6-12)10-16-22(20,21)11-14-3-2-4-15(9-14)17(18)19/h2-9,16H,10-11H2,1H3. The maximum absolute atomic E-state index is 12.0. The molecular weight excluding hydrogens is 304 g/mol. The molecule has 0 bridgehead atoms. The van der Waals surface area contributed by atoms with Crippen molar-refractivity contribution in [1.29, 1.82) is 0 Å². The Morgan fingerprint density at radius 3 is 2.41 bits per heavy atom. The molecule has 116 valence electrons. The molecule has 2 aromatic rings. The number of nitro benzene ring substituents is 1. The van der Waals surface area contributed by atoms with Crippen molar-refractivity contribution in [3.05, 3.63) is 75.3 Å². The highest BCUT2D eigenvalue weighted by Crippen LogP contribution is 2.15. The number of hydrogen-bond donors (Lipinski definition) is 1. The predicted octanol–water partition coefficient (Wildman–Crippen LogP) is 2.52. The van der Waals surface area contributed by atoms with Gasteiger partial charge in [-0.25, -0.2) is 13.1 Å². The highest BCUT2D eigenvalue weighted by molar-refractivity contribution is 7.88. The largest absolute Gasteiger partial charge is 0.269 e. The number of non-ortho nitro benzene ring substituents is 1. The molecule has 0 radical (unpaired) electrons. The molecule has 22 heavy (non-hydrogen) atoms. The molecule has 0 atom stereocenters. The zero-order valence-corrected chi connectivity index (χ0v) is 12.8. The lowest BCUT2D eigenvalue weighted by atomic mass is 10.2. The van der Waals surface area contributed by atoms with Gasteiger partial charge in [0.15, 0.2) is 0 Å². The summed E-state index contributed by atoms with van der Waals surface area (Å²) in [5, 5.41) is 10.7. The van der Waals surface area contributed by atoms with Crippen LogP contribution in [0.5, 0.6) is 0 Å². The number of aryl methyl sites for hydroxylation is 1. The van der Waals surface area contributed by atoms with Crippen molar-refractivity contribution in [2.24, 2.45) is 0 Å². The molecule has 0 unspecified atom stereocenters. The fourth-order valence-corrected chi connectivity index (χ4v) is 3.04. The molecule has 0 saturated carbocycles. The fraction of sp³-hybridized carbons (Fsp3) is 0.200. The van der Waals surface area contributed by atoms with E-state index in [1.54, 1.807) is 6.07 Å². The van der Waals surface area contributed by atoms with E-state index < -0.39 is 14.9 Å². The molecule has 0 fully saturated rings. The highest BCUT2D eigenvalue weighted by atomic mass is 32.2. The second kappa shape index (κ2) is 6.67. The predicted molar refractivity (Wildman–Crippen MR) is 83.7 cm³/mol. The van der Waals surface area contributed by atoms with Crippen molar-refractivity contribution in [2.75, 3.05) is 0 Å². The number of nitrogens with zero attached hydrogens (tertiary/aromatic N) is 1. The molecule has 0 amide bonds. The number of nitro groups is 1. The molecule has 2 aromatic carbocycles. The van der Waals surface area contributed by atoms with Crippen LogP contribution in [-0.2, 0) is 22.3 Å². The maximum atomic E-state index is 12.0. The van der Waals surface area contributed by atoms with E-state index >= 15 is 0 Å². The minimum absolute atomic E-state index is 0.119. The van der Waals surface area contributed by atoms with Gasteiger partial charge < -0.3 is 0 Å². The van der Waals surface area contributed by atoms with E-state index in [-0.39, 0.29) is 18.0 Å². The van der Waals surface area contributed by atoms with Gasteiger partial charge in [-0.05, 0) is 18.1 Å². The fourth-order valence-electron chi connectivity index (χ4n) is 1.93. The van der Waals surface area contributed by atoms with Gasteiger partial charge in [-0.3, -0.25) is 10.1 Å². The van der Waals surface area contributed by atoms with Crippen LogP contribution in [-0.4, -0.2) is 13.3 Å². The Labute approximate surface area is 129 Å². The SMILES string of the molecule is Cc1ccc(CNS(=O)(=O)Cc2cccc([N+](=O)[O-])c2)cc1. The normalized spacial score (nSPS) is 11.3. The molecule has 0 aromatic heterocycles. The lowest BCUT2D eigenvalue weighted by Crippen LogP contribution is -2.24. The van der Waals surface area contributed by atoms with Gasteiger partial charge >= 0.3 is 0 Å². The van der Waals surface area contributed by atoms with Crippen molar-refractivity contribution in [1.82, 2.24) is 4.72 Å². The van der Waals surface area contributed by atoms with E-state index in [4.69, 9.17) is 0 Å². The molecule has 2 rings (SSSR count). The molecule has 0 spiro atoms. The Hall–Kier alpha value is -2.25.